The highest BCUT2D eigenvalue weighted by Crippen LogP contribution is 2.19. The molecule has 1 amide bonds. The van der Waals surface area contributed by atoms with Gasteiger partial charge in [0.25, 0.3) is 5.91 Å². The highest BCUT2D eigenvalue weighted by molar-refractivity contribution is 5.93. The first-order valence-corrected chi connectivity index (χ1v) is 7.27. The quantitative estimate of drug-likeness (QED) is 0.634. The minimum absolute atomic E-state index is 0.0387. The number of nitrogens with zero attached hydrogens (tertiary/aromatic N) is 3. The number of aromatic nitrogens is 2. The number of likely N-dealkylation sites (tertiary alicyclic amines) is 1. The van der Waals surface area contributed by atoms with Gasteiger partial charge in [-0.2, -0.15) is 4.73 Å². The lowest BCUT2D eigenvalue weighted by atomic mass is 10.1. The maximum absolute atomic E-state index is 12.5. The van der Waals surface area contributed by atoms with Gasteiger partial charge in [-0.25, -0.2) is 0 Å². The van der Waals surface area contributed by atoms with E-state index in [-0.39, 0.29) is 12.0 Å². The molecule has 22 heavy (non-hydrogen) atoms. The number of piperidine rings is 1. The van der Waals surface area contributed by atoms with E-state index in [1.165, 1.54) is 12.4 Å². The lowest BCUT2D eigenvalue weighted by Gasteiger charge is -2.32. The van der Waals surface area contributed by atoms with Crippen LogP contribution in [0, 0.1) is 5.21 Å². The normalized spacial score (nSPS) is 18.0. The highest BCUT2D eigenvalue weighted by Gasteiger charge is 2.26. The van der Waals surface area contributed by atoms with Crippen LogP contribution in [0.25, 0.3) is 0 Å². The van der Waals surface area contributed by atoms with Gasteiger partial charge in [0.1, 0.15) is 17.4 Å². The molecule has 0 N–H and O–H groups in total. The molecule has 0 spiro atoms. The Morgan fingerprint density at radius 3 is 2.95 bits per heavy atom. The second-order valence-corrected chi connectivity index (χ2v) is 5.27. The van der Waals surface area contributed by atoms with E-state index in [1.807, 2.05) is 0 Å². The fourth-order valence-corrected chi connectivity index (χ4v) is 2.59. The van der Waals surface area contributed by atoms with E-state index in [0.29, 0.717) is 23.4 Å². The number of hydrogen-bond acceptors (Lipinski definition) is 4. The van der Waals surface area contributed by atoms with Crippen LogP contribution in [0.1, 0.15) is 23.2 Å². The minimum atomic E-state index is -0.131. The van der Waals surface area contributed by atoms with Gasteiger partial charge in [0, 0.05) is 25.0 Å². The van der Waals surface area contributed by atoms with E-state index < -0.39 is 0 Å². The number of carbonyl (C=O) groups is 1. The summed E-state index contributed by atoms with van der Waals surface area (Å²) in [4.78, 5) is 18.2. The average molecular weight is 299 g/mol. The van der Waals surface area contributed by atoms with Gasteiger partial charge in [0.2, 0.25) is 0 Å². The molecule has 1 aliphatic heterocycles. The standard InChI is InChI=1S/C16H17N3O3/c20-16(13-3-1-10-19(21)11-13)18-9-2-4-15(12-18)22-14-5-7-17-8-6-14/h1,3,5-8,10-11,15H,2,4,9,12H2/t15-/m0/s1. The fraction of sp³-hybridized carbons (Fsp3) is 0.312. The number of ether oxygens (including phenoxy) is 1. The first-order valence-electron chi connectivity index (χ1n) is 7.27. The van der Waals surface area contributed by atoms with Crippen LogP contribution in [0.4, 0.5) is 0 Å². The molecule has 1 aliphatic rings. The maximum atomic E-state index is 12.5. The summed E-state index contributed by atoms with van der Waals surface area (Å²) in [5, 5.41) is 11.3. The van der Waals surface area contributed by atoms with Crippen LogP contribution in [-0.4, -0.2) is 35.0 Å². The maximum Gasteiger partial charge on any atom is 0.260 e. The van der Waals surface area contributed by atoms with Gasteiger partial charge >= 0.3 is 0 Å². The van der Waals surface area contributed by atoms with E-state index >= 15 is 0 Å². The number of carbonyl (C=O) groups excluding carboxylic acids is 1. The van der Waals surface area contributed by atoms with Crippen molar-refractivity contribution in [3.63, 3.8) is 0 Å². The van der Waals surface area contributed by atoms with E-state index in [1.54, 1.807) is 41.6 Å². The molecule has 2 aromatic rings. The van der Waals surface area contributed by atoms with E-state index in [4.69, 9.17) is 4.74 Å². The number of rotatable bonds is 3. The van der Waals surface area contributed by atoms with Crippen LogP contribution < -0.4 is 9.47 Å². The van der Waals surface area contributed by atoms with Crippen LogP contribution >= 0.6 is 0 Å². The molecule has 114 valence electrons. The molecule has 0 unspecified atom stereocenters. The number of amides is 1. The second kappa shape index (κ2) is 6.43. The molecule has 1 saturated heterocycles. The predicted molar refractivity (Wildman–Crippen MR) is 79.2 cm³/mol. The molecule has 0 radical (unpaired) electrons. The van der Waals surface area contributed by atoms with Crippen LogP contribution in [0.5, 0.6) is 5.75 Å². The van der Waals surface area contributed by atoms with Gasteiger partial charge < -0.3 is 14.8 Å². The van der Waals surface area contributed by atoms with Gasteiger partial charge in [-0.1, -0.05) is 0 Å². The summed E-state index contributed by atoms with van der Waals surface area (Å²) in [6.45, 7) is 1.21. The Balaban J connectivity index is 1.66. The number of hydrogen-bond donors (Lipinski definition) is 0. The molecular formula is C16H17N3O3. The minimum Gasteiger partial charge on any atom is -0.619 e. The van der Waals surface area contributed by atoms with E-state index in [2.05, 4.69) is 4.98 Å². The third-order valence-electron chi connectivity index (χ3n) is 3.64. The molecule has 0 bridgehead atoms. The summed E-state index contributed by atoms with van der Waals surface area (Å²) in [5.41, 5.74) is 0.405. The van der Waals surface area contributed by atoms with Gasteiger partial charge in [0.05, 0.1) is 6.54 Å². The van der Waals surface area contributed by atoms with Gasteiger partial charge in [-0.15, -0.1) is 0 Å². The van der Waals surface area contributed by atoms with Crippen LogP contribution in [-0.2, 0) is 0 Å². The molecule has 3 rings (SSSR count). The molecule has 6 heteroatoms. The zero-order chi connectivity index (χ0) is 15.4. The van der Waals surface area contributed by atoms with Crippen molar-refractivity contribution in [3.8, 4) is 5.75 Å². The zero-order valence-corrected chi connectivity index (χ0v) is 12.1. The summed E-state index contributed by atoms with van der Waals surface area (Å²) in [7, 11) is 0. The summed E-state index contributed by atoms with van der Waals surface area (Å²) in [6.07, 6.45) is 7.77. The Morgan fingerprint density at radius 1 is 1.36 bits per heavy atom. The summed E-state index contributed by atoms with van der Waals surface area (Å²) in [5.74, 6) is 0.625. The van der Waals surface area contributed by atoms with Crippen molar-refractivity contribution in [3.05, 3.63) is 59.8 Å². The molecule has 0 aliphatic carbocycles. The molecule has 1 fully saturated rings. The van der Waals surface area contributed by atoms with Crippen molar-refractivity contribution in [1.29, 1.82) is 0 Å². The third kappa shape index (κ3) is 3.33. The zero-order valence-electron chi connectivity index (χ0n) is 12.1. The first kappa shape index (κ1) is 14.3. The van der Waals surface area contributed by atoms with Crippen LogP contribution in [0.15, 0.2) is 49.1 Å². The average Bonchev–Trinajstić information content (AvgIpc) is 2.55. The molecule has 3 heterocycles. The summed E-state index contributed by atoms with van der Waals surface area (Å²) in [6, 6.07) is 6.84. The summed E-state index contributed by atoms with van der Waals surface area (Å²) < 4.78 is 6.54. The highest BCUT2D eigenvalue weighted by atomic mass is 16.5. The van der Waals surface area contributed by atoms with E-state index in [9.17, 15) is 10.0 Å². The van der Waals surface area contributed by atoms with Crippen LogP contribution in [0.2, 0.25) is 0 Å². The molecule has 1 atom stereocenters. The lowest BCUT2D eigenvalue weighted by molar-refractivity contribution is -0.605. The van der Waals surface area contributed by atoms with Gasteiger partial charge in [0.15, 0.2) is 12.4 Å². The third-order valence-corrected chi connectivity index (χ3v) is 3.64. The second-order valence-electron chi connectivity index (χ2n) is 5.27. The Hall–Kier alpha value is -2.63. The first-order chi connectivity index (χ1) is 10.7. The van der Waals surface area contributed by atoms with Crippen LogP contribution in [0.3, 0.4) is 0 Å². The molecular weight excluding hydrogens is 282 g/mol. The molecule has 0 saturated carbocycles. The van der Waals surface area contributed by atoms with Gasteiger partial charge in [-0.3, -0.25) is 9.78 Å². The Labute approximate surface area is 128 Å². The fourth-order valence-electron chi connectivity index (χ4n) is 2.59. The topological polar surface area (TPSA) is 69.4 Å². The van der Waals surface area contributed by atoms with E-state index in [0.717, 1.165) is 18.6 Å². The monoisotopic (exact) mass is 299 g/mol. The van der Waals surface area contributed by atoms with Crippen molar-refractivity contribution in [2.45, 2.75) is 18.9 Å². The molecule has 6 nitrogen and oxygen atoms in total. The smallest absolute Gasteiger partial charge is 0.260 e. The molecule has 0 aromatic carbocycles. The predicted octanol–water partition coefficient (Wildman–Crippen LogP) is 1.40. The van der Waals surface area contributed by atoms with Crippen molar-refractivity contribution in [2.24, 2.45) is 0 Å². The van der Waals surface area contributed by atoms with Gasteiger partial charge in [-0.05, 0) is 31.0 Å². The Morgan fingerprint density at radius 2 is 2.18 bits per heavy atom. The van der Waals surface area contributed by atoms with Crippen molar-refractivity contribution < 1.29 is 14.3 Å². The lowest BCUT2D eigenvalue weighted by Crippen LogP contribution is -2.44. The van der Waals surface area contributed by atoms with Crippen molar-refractivity contribution in [1.82, 2.24) is 9.88 Å². The Kier molecular flexibility index (Phi) is 4.18. The Bertz CT molecular complexity index is 648. The summed E-state index contributed by atoms with van der Waals surface area (Å²) >= 11 is 0. The molecule has 2 aromatic heterocycles. The SMILES string of the molecule is O=C(c1ccc[n+]([O-])c1)N1CCC[C@H](Oc2ccncc2)C1. The number of pyridine rings is 2. The largest absolute Gasteiger partial charge is 0.619 e. The van der Waals surface area contributed by atoms with Crippen molar-refractivity contribution in [2.75, 3.05) is 13.1 Å². The van der Waals surface area contributed by atoms with Crippen molar-refractivity contribution >= 4 is 5.91 Å².